The predicted octanol–water partition coefficient (Wildman–Crippen LogP) is 4.01. The van der Waals surface area contributed by atoms with Crippen LogP contribution in [0.15, 0.2) is 87.3 Å². The number of nitro benzene ring substituents is 1. The van der Waals surface area contributed by atoms with E-state index in [-0.39, 0.29) is 17.1 Å². The van der Waals surface area contributed by atoms with E-state index in [1.54, 1.807) is 30.3 Å². The zero-order valence-electron chi connectivity index (χ0n) is 18.1. The molecule has 34 heavy (non-hydrogen) atoms. The maximum atomic E-state index is 13.3. The molecular weight excluding hydrogens is 524 g/mol. The van der Waals surface area contributed by atoms with Crippen LogP contribution in [0.1, 0.15) is 16.7 Å². The molecule has 0 aliphatic heterocycles. The lowest BCUT2D eigenvalue weighted by Gasteiger charge is -2.21. The number of non-ortho nitro benzene ring substituents is 1. The van der Waals surface area contributed by atoms with E-state index >= 15 is 0 Å². The van der Waals surface area contributed by atoms with E-state index in [9.17, 15) is 23.3 Å². The number of carbonyl (C=O) groups excluding carboxylic acids is 1. The SMILES string of the molecule is Cc1ccc(CN(CC(=O)N/N=C\c2cccc([N+](=O)[O-])c2)S(=O)(=O)c2ccc(Br)cc2)cc1. The molecule has 0 spiro atoms. The van der Waals surface area contributed by atoms with E-state index in [0.29, 0.717) is 5.56 Å². The van der Waals surface area contributed by atoms with Crippen LogP contribution in [0.4, 0.5) is 5.69 Å². The number of nitrogens with one attached hydrogen (secondary N) is 1. The number of sulfonamides is 1. The minimum Gasteiger partial charge on any atom is -0.272 e. The zero-order chi connectivity index (χ0) is 24.7. The van der Waals surface area contributed by atoms with Gasteiger partial charge in [0.15, 0.2) is 0 Å². The van der Waals surface area contributed by atoms with Crippen molar-refractivity contribution in [1.29, 1.82) is 0 Å². The van der Waals surface area contributed by atoms with E-state index in [1.807, 2.05) is 19.1 Å². The first-order valence-electron chi connectivity index (χ1n) is 10.0. The highest BCUT2D eigenvalue weighted by atomic mass is 79.9. The van der Waals surface area contributed by atoms with Crippen molar-refractivity contribution >= 4 is 43.8 Å². The summed E-state index contributed by atoms with van der Waals surface area (Å²) in [5.74, 6) is -0.658. The molecule has 9 nitrogen and oxygen atoms in total. The average Bonchev–Trinajstić information content (AvgIpc) is 2.80. The Morgan fingerprint density at radius 2 is 1.79 bits per heavy atom. The maximum Gasteiger partial charge on any atom is 0.270 e. The number of hydrogen-bond donors (Lipinski definition) is 1. The largest absolute Gasteiger partial charge is 0.272 e. The van der Waals surface area contributed by atoms with Crippen molar-refractivity contribution in [2.75, 3.05) is 6.54 Å². The van der Waals surface area contributed by atoms with Crippen LogP contribution in [-0.4, -0.2) is 36.3 Å². The quantitative estimate of drug-likeness (QED) is 0.247. The Morgan fingerprint density at radius 1 is 1.12 bits per heavy atom. The van der Waals surface area contributed by atoms with Crippen molar-refractivity contribution in [2.24, 2.45) is 5.10 Å². The molecule has 0 unspecified atom stereocenters. The number of carbonyl (C=O) groups is 1. The lowest BCUT2D eigenvalue weighted by Crippen LogP contribution is -2.39. The smallest absolute Gasteiger partial charge is 0.270 e. The molecule has 1 amide bonds. The van der Waals surface area contributed by atoms with Crippen LogP contribution in [0.3, 0.4) is 0 Å². The van der Waals surface area contributed by atoms with E-state index in [2.05, 4.69) is 26.5 Å². The van der Waals surface area contributed by atoms with Gasteiger partial charge in [-0.2, -0.15) is 9.41 Å². The van der Waals surface area contributed by atoms with Crippen LogP contribution in [0.5, 0.6) is 0 Å². The second-order valence-electron chi connectivity index (χ2n) is 7.36. The summed E-state index contributed by atoms with van der Waals surface area (Å²) >= 11 is 3.28. The fourth-order valence-electron chi connectivity index (χ4n) is 2.97. The zero-order valence-corrected chi connectivity index (χ0v) is 20.5. The van der Waals surface area contributed by atoms with Crippen LogP contribution in [-0.2, 0) is 21.4 Å². The number of nitro groups is 1. The van der Waals surface area contributed by atoms with Gasteiger partial charge in [0.25, 0.3) is 11.6 Å². The van der Waals surface area contributed by atoms with Crippen LogP contribution in [0.25, 0.3) is 0 Å². The third kappa shape index (κ3) is 6.80. The van der Waals surface area contributed by atoms with Gasteiger partial charge in [0, 0.05) is 28.7 Å². The molecule has 176 valence electrons. The molecule has 0 aromatic heterocycles. The number of hydrazone groups is 1. The van der Waals surface area contributed by atoms with Crippen molar-refractivity contribution < 1.29 is 18.1 Å². The fourth-order valence-corrected chi connectivity index (χ4v) is 4.62. The van der Waals surface area contributed by atoms with Crippen molar-refractivity contribution in [3.8, 4) is 0 Å². The minimum atomic E-state index is -3.99. The van der Waals surface area contributed by atoms with E-state index in [4.69, 9.17) is 0 Å². The summed E-state index contributed by atoms with van der Waals surface area (Å²) in [5, 5.41) is 14.7. The maximum absolute atomic E-state index is 13.3. The Balaban J connectivity index is 1.78. The summed E-state index contributed by atoms with van der Waals surface area (Å²) in [7, 11) is -3.99. The average molecular weight is 545 g/mol. The number of rotatable bonds is 9. The number of aryl methyl sites for hydroxylation is 1. The summed E-state index contributed by atoms with van der Waals surface area (Å²) in [4.78, 5) is 22.9. The molecule has 0 heterocycles. The summed E-state index contributed by atoms with van der Waals surface area (Å²) in [5.41, 5.74) is 4.33. The molecule has 0 aliphatic rings. The Bertz CT molecular complexity index is 1310. The molecule has 0 bridgehead atoms. The van der Waals surface area contributed by atoms with Gasteiger partial charge in [0.2, 0.25) is 10.0 Å². The van der Waals surface area contributed by atoms with E-state index in [0.717, 1.165) is 19.9 Å². The van der Waals surface area contributed by atoms with Gasteiger partial charge in [-0.3, -0.25) is 14.9 Å². The van der Waals surface area contributed by atoms with Crippen molar-refractivity contribution in [1.82, 2.24) is 9.73 Å². The van der Waals surface area contributed by atoms with Gasteiger partial charge in [-0.05, 0) is 36.8 Å². The molecular formula is C23H21BrN4O5S. The highest BCUT2D eigenvalue weighted by molar-refractivity contribution is 9.10. The summed E-state index contributed by atoms with van der Waals surface area (Å²) in [6.45, 7) is 1.44. The number of halogens is 1. The molecule has 3 aromatic carbocycles. The number of benzene rings is 3. The Kier molecular flexibility index (Phi) is 8.26. The van der Waals surface area contributed by atoms with Crippen molar-refractivity contribution in [2.45, 2.75) is 18.4 Å². The normalized spacial score (nSPS) is 11.6. The van der Waals surface area contributed by atoms with E-state index < -0.39 is 27.4 Å². The van der Waals surface area contributed by atoms with Gasteiger partial charge in [0.1, 0.15) is 0 Å². The first-order chi connectivity index (χ1) is 16.1. The minimum absolute atomic E-state index is 0.0132. The molecule has 1 N–H and O–H groups in total. The lowest BCUT2D eigenvalue weighted by molar-refractivity contribution is -0.384. The molecule has 11 heteroatoms. The lowest BCUT2D eigenvalue weighted by atomic mass is 10.1. The van der Waals surface area contributed by atoms with Gasteiger partial charge >= 0.3 is 0 Å². The van der Waals surface area contributed by atoms with Gasteiger partial charge in [-0.15, -0.1) is 0 Å². The Morgan fingerprint density at radius 3 is 2.44 bits per heavy atom. The van der Waals surface area contributed by atoms with Crippen LogP contribution in [0.2, 0.25) is 0 Å². The van der Waals surface area contributed by atoms with Gasteiger partial charge < -0.3 is 0 Å². The molecule has 3 aromatic rings. The standard InChI is InChI=1S/C23H21BrN4O5S/c1-17-5-7-18(8-6-17)15-27(34(32,33)22-11-9-20(24)10-12-22)16-23(29)26-25-14-19-3-2-4-21(13-19)28(30)31/h2-14H,15-16H2,1H3,(H,26,29)/b25-14-. The summed E-state index contributed by atoms with van der Waals surface area (Å²) in [6, 6.07) is 19.2. The third-order valence-electron chi connectivity index (χ3n) is 4.73. The molecule has 0 radical (unpaired) electrons. The highest BCUT2D eigenvalue weighted by Crippen LogP contribution is 2.21. The molecule has 0 atom stereocenters. The Labute approximate surface area is 205 Å². The highest BCUT2D eigenvalue weighted by Gasteiger charge is 2.27. The number of hydrogen-bond acceptors (Lipinski definition) is 6. The van der Waals surface area contributed by atoms with Gasteiger partial charge in [-0.1, -0.05) is 57.9 Å². The molecule has 0 saturated carbocycles. The molecule has 0 saturated heterocycles. The monoisotopic (exact) mass is 544 g/mol. The van der Waals surface area contributed by atoms with Gasteiger partial charge in [-0.25, -0.2) is 13.8 Å². The molecule has 3 rings (SSSR count). The summed E-state index contributed by atoms with van der Waals surface area (Å²) in [6.07, 6.45) is 1.25. The van der Waals surface area contributed by atoms with Crippen molar-refractivity contribution in [3.05, 3.63) is 104 Å². The first kappa shape index (κ1) is 25.2. The van der Waals surface area contributed by atoms with Gasteiger partial charge in [0.05, 0.1) is 22.6 Å². The fraction of sp³-hybridized carbons (Fsp3) is 0.130. The third-order valence-corrected chi connectivity index (χ3v) is 7.07. The van der Waals surface area contributed by atoms with E-state index in [1.165, 1.54) is 36.5 Å². The van der Waals surface area contributed by atoms with Crippen LogP contribution < -0.4 is 5.43 Å². The Hall–Kier alpha value is -3.41. The van der Waals surface area contributed by atoms with Crippen molar-refractivity contribution in [3.63, 3.8) is 0 Å². The summed E-state index contributed by atoms with van der Waals surface area (Å²) < 4.78 is 28.3. The first-order valence-corrected chi connectivity index (χ1v) is 12.3. The number of amides is 1. The van der Waals surface area contributed by atoms with Crippen LogP contribution in [0, 0.1) is 17.0 Å². The number of nitrogens with zero attached hydrogens (tertiary/aromatic N) is 3. The van der Waals surface area contributed by atoms with Crippen LogP contribution >= 0.6 is 15.9 Å². The second kappa shape index (κ2) is 11.1. The molecule has 0 fully saturated rings. The molecule has 0 aliphatic carbocycles. The predicted molar refractivity (Wildman–Crippen MR) is 132 cm³/mol. The second-order valence-corrected chi connectivity index (χ2v) is 10.2. The topological polar surface area (TPSA) is 122 Å².